The van der Waals surface area contributed by atoms with Gasteiger partial charge in [0, 0.05) is 6.42 Å². The van der Waals surface area contributed by atoms with E-state index in [0.717, 1.165) is 42.8 Å². The molecule has 176 valence electrons. The van der Waals surface area contributed by atoms with E-state index in [2.05, 4.69) is 28.3 Å². The minimum absolute atomic E-state index is 0.0666. The predicted octanol–water partition coefficient (Wildman–Crippen LogP) is 3.50. The SMILES string of the molecule is C[N+]1(CCC2CCCCC2N=C=NN=C=N)CCOCC1.Cc1ccc(S(=O)(=O)O)cc1. The molecule has 2 unspecified atom stereocenters. The van der Waals surface area contributed by atoms with Gasteiger partial charge < -0.3 is 9.22 Å². The number of aliphatic imine (C=N–C) groups is 1. The summed E-state index contributed by atoms with van der Waals surface area (Å²) < 4.78 is 36.1. The van der Waals surface area contributed by atoms with Gasteiger partial charge in [0.25, 0.3) is 10.1 Å². The van der Waals surface area contributed by atoms with E-state index >= 15 is 0 Å². The number of likely N-dealkylation sites (N-methyl/N-ethyl adjacent to an activating group) is 1. The Morgan fingerprint density at radius 3 is 2.44 bits per heavy atom. The highest BCUT2D eigenvalue weighted by atomic mass is 32.2. The first-order chi connectivity index (χ1) is 15.2. The summed E-state index contributed by atoms with van der Waals surface area (Å²) in [5.41, 5.74) is 0.956. The summed E-state index contributed by atoms with van der Waals surface area (Å²) in [6, 6.07) is 10.8. The zero-order chi connectivity index (χ0) is 23.5. The molecule has 0 spiro atoms. The van der Waals surface area contributed by atoms with Crippen LogP contribution in [-0.4, -0.2) is 75.4 Å². The Labute approximate surface area is 190 Å². The van der Waals surface area contributed by atoms with Crippen molar-refractivity contribution in [2.75, 3.05) is 39.9 Å². The van der Waals surface area contributed by atoms with Crippen molar-refractivity contribution in [3.8, 4) is 0 Å². The van der Waals surface area contributed by atoms with Crippen molar-refractivity contribution in [1.82, 2.24) is 0 Å². The highest BCUT2D eigenvalue weighted by molar-refractivity contribution is 7.85. The van der Waals surface area contributed by atoms with Gasteiger partial charge in [-0.25, -0.2) is 10.4 Å². The molecule has 10 heteroatoms. The number of hydrogen-bond acceptors (Lipinski definition) is 7. The van der Waals surface area contributed by atoms with Gasteiger partial charge in [-0.05, 0) is 37.8 Å². The van der Waals surface area contributed by atoms with Crippen LogP contribution in [0.5, 0.6) is 0 Å². The van der Waals surface area contributed by atoms with Crippen molar-refractivity contribution < 1.29 is 22.2 Å². The lowest BCUT2D eigenvalue weighted by Crippen LogP contribution is -2.53. The van der Waals surface area contributed by atoms with Crippen molar-refractivity contribution in [2.45, 2.75) is 50.0 Å². The molecule has 1 heterocycles. The number of nitrogens with zero attached hydrogens (tertiary/aromatic N) is 4. The van der Waals surface area contributed by atoms with Crippen molar-refractivity contribution in [1.29, 1.82) is 5.41 Å². The van der Waals surface area contributed by atoms with Crippen LogP contribution in [0.15, 0.2) is 44.4 Å². The van der Waals surface area contributed by atoms with E-state index < -0.39 is 10.1 Å². The number of rotatable bonds is 6. The number of nitrogens with one attached hydrogen (secondary N) is 1. The number of benzene rings is 1. The molecule has 1 saturated heterocycles. The number of aryl methyl sites for hydroxylation is 1. The van der Waals surface area contributed by atoms with E-state index in [1.54, 1.807) is 12.1 Å². The maximum atomic E-state index is 10.5. The summed E-state index contributed by atoms with van der Waals surface area (Å²) in [4.78, 5) is 4.36. The Morgan fingerprint density at radius 1 is 1.16 bits per heavy atom. The number of ether oxygens (including phenoxy) is 1. The highest BCUT2D eigenvalue weighted by Gasteiger charge is 2.30. The Bertz CT molecular complexity index is 930. The number of morpholine rings is 1. The highest BCUT2D eigenvalue weighted by Crippen LogP contribution is 2.30. The Kier molecular flexibility index (Phi) is 10.4. The molecular weight excluding hydrogens is 430 g/mol. The average Bonchev–Trinajstić information content (AvgIpc) is 2.77. The van der Waals surface area contributed by atoms with Gasteiger partial charge in [-0.2, -0.15) is 8.42 Å². The molecule has 0 bridgehead atoms. The monoisotopic (exact) mass is 464 g/mol. The summed E-state index contributed by atoms with van der Waals surface area (Å²) in [6.07, 6.45) is 6.12. The molecule has 1 saturated carbocycles. The van der Waals surface area contributed by atoms with Gasteiger partial charge in [0.2, 0.25) is 0 Å². The Hall–Kier alpha value is -2.19. The standard InChI is InChI=1S/C15H26N5O.C7H8O3S/c1-20(8-10-21-11-9-20)7-6-14-4-2-3-5-15(14)17-13-19-18-12-16;1-6-2-4-7(5-3-6)11(8,9)10/h14-16H,2-11H2,1H3;2-5H,1H3,(H,8,9,10)/q+1;. The van der Waals surface area contributed by atoms with Crippen LogP contribution < -0.4 is 0 Å². The van der Waals surface area contributed by atoms with Crippen LogP contribution in [0.4, 0.5) is 0 Å². The molecule has 2 N–H and O–H groups in total. The lowest BCUT2D eigenvalue weighted by Gasteiger charge is -2.39. The van der Waals surface area contributed by atoms with Crippen LogP contribution in [0.1, 0.15) is 37.7 Å². The van der Waals surface area contributed by atoms with Crippen molar-refractivity contribution >= 4 is 22.1 Å². The second kappa shape index (κ2) is 12.7. The van der Waals surface area contributed by atoms with E-state index in [1.165, 1.54) is 44.4 Å². The molecule has 9 nitrogen and oxygen atoms in total. The van der Waals surface area contributed by atoms with Crippen molar-refractivity contribution in [3.05, 3.63) is 29.8 Å². The van der Waals surface area contributed by atoms with Crippen LogP contribution in [0, 0.1) is 18.3 Å². The molecular formula is C22H34N5O4S+. The Morgan fingerprint density at radius 2 is 1.81 bits per heavy atom. The van der Waals surface area contributed by atoms with E-state index in [-0.39, 0.29) is 4.90 Å². The smallest absolute Gasteiger partial charge is 0.294 e. The van der Waals surface area contributed by atoms with Gasteiger partial charge >= 0.3 is 0 Å². The van der Waals surface area contributed by atoms with Crippen LogP contribution >= 0.6 is 0 Å². The summed E-state index contributed by atoms with van der Waals surface area (Å²) in [5.74, 6) is 0.628. The summed E-state index contributed by atoms with van der Waals surface area (Å²) in [6.45, 7) is 7.06. The van der Waals surface area contributed by atoms with Gasteiger partial charge in [0.15, 0.2) is 0 Å². The lowest BCUT2D eigenvalue weighted by atomic mass is 9.82. The largest absolute Gasteiger partial charge is 0.370 e. The maximum absolute atomic E-state index is 10.5. The van der Waals surface area contributed by atoms with Crippen molar-refractivity contribution in [2.24, 2.45) is 21.1 Å². The van der Waals surface area contributed by atoms with Crippen LogP contribution in [0.3, 0.4) is 0 Å². The first kappa shape index (κ1) is 26.1. The zero-order valence-corrected chi connectivity index (χ0v) is 19.7. The van der Waals surface area contributed by atoms with E-state index in [4.69, 9.17) is 14.7 Å². The molecule has 1 aliphatic heterocycles. The Balaban J connectivity index is 0.000000278. The van der Waals surface area contributed by atoms with Crippen LogP contribution in [0.25, 0.3) is 0 Å². The fourth-order valence-corrected chi connectivity index (χ4v) is 4.52. The fraction of sp³-hybridized carbons (Fsp3) is 0.636. The first-order valence-electron chi connectivity index (χ1n) is 11.0. The maximum Gasteiger partial charge on any atom is 0.294 e. The normalized spacial score (nSPS) is 22.3. The van der Waals surface area contributed by atoms with Gasteiger partial charge in [0.05, 0.1) is 37.7 Å². The molecule has 2 fully saturated rings. The topological polar surface area (TPSA) is 125 Å². The van der Waals surface area contributed by atoms with Crippen molar-refractivity contribution in [3.63, 3.8) is 0 Å². The number of hydrogen-bond donors (Lipinski definition) is 2. The fourth-order valence-electron chi connectivity index (χ4n) is 4.04. The minimum Gasteiger partial charge on any atom is -0.370 e. The summed E-state index contributed by atoms with van der Waals surface area (Å²) in [5, 5.41) is 13.6. The van der Waals surface area contributed by atoms with Gasteiger partial charge in [0.1, 0.15) is 25.1 Å². The molecule has 0 amide bonds. The lowest BCUT2D eigenvalue weighted by molar-refractivity contribution is -0.917. The molecule has 1 aliphatic carbocycles. The average molecular weight is 465 g/mol. The van der Waals surface area contributed by atoms with E-state index in [9.17, 15) is 8.42 Å². The predicted molar refractivity (Wildman–Crippen MR) is 123 cm³/mol. The molecule has 32 heavy (non-hydrogen) atoms. The van der Waals surface area contributed by atoms with E-state index in [0.29, 0.717) is 12.0 Å². The quantitative estimate of drug-likeness (QED) is 0.289. The molecule has 0 aromatic heterocycles. The zero-order valence-electron chi connectivity index (χ0n) is 18.9. The molecule has 1 aromatic rings. The molecule has 2 aliphatic rings. The molecule has 3 rings (SSSR count). The number of quaternary nitrogens is 1. The minimum atomic E-state index is -4.02. The second-order valence-corrected chi connectivity index (χ2v) is 10.1. The van der Waals surface area contributed by atoms with Crippen LogP contribution in [0.2, 0.25) is 0 Å². The molecule has 0 radical (unpaired) electrons. The third-order valence-electron chi connectivity index (χ3n) is 6.15. The second-order valence-electron chi connectivity index (χ2n) is 8.63. The summed E-state index contributed by atoms with van der Waals surface area (Å²) >= 11 is 0. The first-order valence-corrected chi connectivity index (χ1v) is 12.4. The third kappa shape index (κ3) is 9.12. The van der Waals surface area contributed by atoms with Gasteiger partial charge in [-0.1, -0.05) is 40.7 Å². The molecule has 1 aromatic carbocycles. The summed E-state index contributed by atoms with van der Waals surface area (Å²) in [7, 11) is -1.68. The third-order valence-corrected chi connectivity index (χ3v) is 7.01. The van der Waals surface area contributed by atoms with Crippen LogP contribution in [-0.2, 0) is 14.9 Å². The van der Waals surface area contributed by atoms with Gasteiger partial charge in [-0.15, -0.1) is 0 Å². The van der Waals surface area contributed by atoms with E-state index in [1.807, 2.05) is 12.9 Å². The van der Waals surface area contributed by atoms with Gasteiger partial charge in [-0.3, -0.25) is 4.55 Å². The molecule has 2 atom stereocenters.